The zero-order valence-electron chi connectivity index (χ0n) is 23.1. The van der Waals surface area contributed by atoms with Crippen molar-refractivity contribution in [3.8, 4) is 5.75 Å². The van der Waals surface area contributed by atoms with Gasteiger partial charge in [0.2, 0.25) is 0 Å². The van der Waals surface area contributed by atoms with Crippen molar-refractivity contribution < 1.29 is 27.5 Å². The molecule has 1 fully saturated rings. The number of pyridine rings is 1. The Bertz CT molecular complexity index is 1580. The van der Waals surface area contributed by atoms with E-state index in [1.54, 1.807) is 14.0 Å². The number of carbonyl (C=O) groups is 2. The molecule has 9 heteroatoms. The summed E-state index contributed by atoms with van der Waals surface area (Å²) in [6, 6.07) is 14.9. The van der Waals surface area contributed by atoms with Crippen LogP contribution in [0.2, 0.25) is 0 Å². The third-order valence-electron chi connectivity index (χ3n) is 7.72. The minimum absolute atomic E-state index is 0.0514. The van der Waals surface area contributed by atoms with Crippen molar-refractivity contribution in [2.45, 2.75) is 39.2 Å². The van der Waals surface area contributed by atoms with Crippen LogP contribution in [-0.2, 0) is 25.8 Å². The third kappa shape index (κ3) is 5.75. The molecule has 40 heavy (non-hydrogen) atoms. The Balaban J connectivity index is 1.47. The molecule has 2 aromatic carbocycles. The molecule has 0 radical (unpaired) electrons. The molecule has 5 rings (SSSR count). The van der Waals surface area contributed by atoms with Gasteiger partial charge in [0, 0.05) is 18.0 Å². The predicted molar refractivity (Wildman–Crippen MR) is 155 cm³/mol. The van der Waals surface area contributed by atoms with Crippen molar-refractivity contribution in [3.63, 3.8) is 0 Å². The lowest BCUT2D eigenvalue weighted by Gasteiger charge is -2.28. The number of methoxy groups -OCH3 is 1. The van der Waals surface area contributed by atoms with E-state index in [1.807, 2.05) is 48.5 Å². The lowest BCUT2D eigenvalue weighted by atomic mass is 9.80. The molecule has 1 aliphatic carbocycles. The molecule has 0 bridgehead atoms. The number of esters is 1. The van der Waals surface area contributed by atoms with Gasteiger partial charge in [-0.1, -0.05) is 37.3 Å². The molecule has 0 unspecified atom stereocenters. The number of rotatable bonds is 7. The molecule has 1 amide bonds. The summed E-state index contributed by atoms with van der Waals surface area (Å²) in [4.78, 5) is 33.2. The Morgan fingerprint density at radius 1 is 1.10 bits per heavy atom. The monoisotopic (exact) mass is 562 g/mol. The van der Waals surface area contributed by atoms with Crippen molar-refractivity contribution >= 4 is 44.3 Å². The molecule has 1 saturated heterocycles. The first-order chi connectivity index (χ1) is 19.2. The molecule has 0 spiro atoms. The second-order valence-corrected chi connectivity index (χ2v) is 12.8. The normalized spacial score (nSPS) is 20.7. The van der Waals surface area contributed by atoms with Crippen LogP contribution in [0.25, 0.3) is 22.6 Å². The number of amides is 1. The Kier molecular flexibility index (Phi) is 7.94. The van der Waals surface area contributed by atoms with Gasteiger partial charge in [0.05, 0.1) is 35.4 Å². The van der Waals surface area contributed by atoms with Gasteiger partial charge in [-0.3, -0.25) is 4.79 Å². The van der Waals surface area contributed by atoms with Crippen LogP contribution in [0.3, 0.4) is 0 Å². The molecule has 2 atom stereocenters. The van der Waals surface area contributed by atoms with Gasteiger partial charge in [-0.25, -0.2) is 18.2 Å². The van der Waals surface area contributed by atoms with E-state index < -0.39 is 28.3 Å². The zero-order chi connectivity index (χ0) is 28.4. The van der Waals surface area contributed by atoms with Crippen molar-refractivity contribution in [2.24, 2.45) is 5.92 Å². The van der Waals surface area contributed by atoms with E-state index in [9.17, 15) is 18.0 Å². The molecule has 0 saturated carbocycles. The number of nitrogens with zero attached hydrogens (tertiary/aromatic N) is 2. The van der Waals surface area contributed by atoms with Gasteiger partial charge < -0.3 is 14.4 Å². The molecular formula is C31H34N2O6S. The standard InChI is InChI=1S/C31H34N2O6S/c1-4-33(23-13-14-40(36,37)19-23)28(34)18-39-31(35)29-25-7-5-6-8-27(25)32-30-22(15-20(2)16-26(29)30)17-21-9-11-24(38-3)12-10-21/h5-12,17,20,23H,4,13-16,18-19H2,1-3H3/b22-17-/t20-,23-/m0/s1. The lowest BCUT2D eigenvalue weighted by molar-refractivity contribution is -0.136. The number of para-hydroxylation sites is 1. The fourth-order valence-electron chi connectivity index (χ4n) is 5.81. The van der Waals surface area contributed by atoms with E-state index in [1.165, 1.54) is 4.90 Å². The number of sulfone groups is 1. The molecule has 1 aliphatic heterocycles. The molecular weight excluding hydrogens is 528 g/mol. The van der Waals surface area contributed by atoms with Crippen molar-refractivity contribution in [1.82, 2.24) is 9.88 Å². The van der Waals surface area contributed by atoms with Gasteiger partial charge in [0.25, 0.3) is 5.91 Å². The molecule has 2 heterocycles. The first-order valence-electron chi connectivity index (χ1n) is 13.6. The summed E-state index contributed by atoms with van der Waals surface area (Å²) in [6.45, 7) is 3.85. The summed E-state index contributed by atoms with van der Waals surface area (Å²) < 4.78 is 34.8. The number of carbonyl (C=O) groups excluding carboxylic acids is 2. The second-order valence-electron chi connectivity index (χ2n) is 10.6. The summed E-state index contributed by atoms with van der Waals surface area (Å²) in [5.41, 5.74) is 4.76. The highest BCUT2D eigenvalue weighted by atomic mass is 32.2. The number of hydrogen-bond acceptors (Lipinski definition) is 7. The maximum Gasteiger partial charge on any atom is 0.339 e. The molecule has 2 aliphatic rings. The van der Waals surface area contributed by atoms with Crippen LogP contribution in [-0.4, -0.2) is 68.0 Å². The summed E-state index contributed by atoms with van der Waals surface area (Å²) >= 11 is 0. The maximum atomic E-state index is 13.7. The molecule has 3 aromatic rings. The van der Waals surface area contributed by atoms with Crippen molar-refractivity contribution in [2.75, 3.05) is 31.8 Å². The zero-order valence-corrected chi connectivity index (χ0v) is 23.9. The summed E-state index contributed by atoms with van der Waals surface area (Å²) in [6.07, 6.45) is 3.97. The number of likely N-dealkylation sites (N-methyl/N-ethyl adjacent to an activating group) is 1. The third-order valence-corrected chi connectivity index (χ3v) is 9.47. The van der Waals surface area contributed by atoms with E-state index in [0.29, 0.717) is 35.9 Å². The van der Waals surface area contributed by atoms with E-state index >= 15 is 0 Å². The molecule has 0 N–H and O–H groups in total. The highest BCUT2D eigenvalue weighted by Crippen LogP contribution is 2.39. The highest BCUT2D eigenvalue weighted by molar-refractivity contribution is 7.91. The Morgan fingerprint density at radius 3 is 2.52 bits per heavy atom. The average molecular weight is 563 g/mol. The Morgan fingerprint density at radius 2 is 1.85 bits per heavy atom. The smallest absolute Gasteiger partial charge is 0.339 e. The van der Waals surface area contributed by atoms with Gasteiger partial charge >= 0.3 is 5.97 Å². The fourth-order valence-corrected chi connectivity index (χ4v) is 7.54. The number of benzene rings is 2. The molecule has 210 valence electrons. The maximum absolute atomic E-state index is 13.7. The molecule has 1 aromatic heterocycles. The van der Waals surface area contributed by atoms with Crippen LogP contribution in [0.5, 0.6) is 5.75 Å². The minimum atomic E-state index is -3.15. The van der Waals surface area contributed by atoms with E-state index in [4.69, 9.17) is 14.5 Å². The van der Waals surface area contributed by atoms with Crippen molar-refractivity contribution in [1.29, 1.82) is 0 Å². The van der Waals surface area contributed by atoms with Gasteiger partial charge in [-0.15, -0.1) is 0 Å². The summed E-state index contributed by atoms with van der Waals surface area (Å²) in [5, 5.41) is 0.686. The van der Waals surface area contributed by atoms with E-state index in [2.05, 4.69) is 13.0 Å². The lowest BCUT2D eigenvalue weighted by Crippen LogP contribution is -2.43. The van der Waals surface area contributed by atoms with E-state index in [-0.39, 0.29) is 23.5 Å². The van der Waals surface area contributed by atoms with Crippen LogP contribution in [0.1, 0.15) is 53.9 Å². The van der Waals surface area contributed by atoms with Gasteiger partial charge in [0.15, 0.2) is 16.4 Å². The van der Waals surface area contributed by atoms with Gasteiger partial charge in [0.1, 0.15) is 5.75 Å². The highest BCUT2D eigenvalue weighted by Gasteiger charge is 2.35. The van der Waals surface area contributed by atoms with Crippen LogP contribution < -0.4 is 4.74 Å². The Labute approximate surface area is 234 Å². The molecule has 8 nitrogen and oxygen atoms in total. The summed E-state index contributed by atoms with van der Waals surface area (Å²) in [5.74, 6) is 0.104. The summed E-state index contributed by atoms with van der Waals surface area (Å²) in [7, 11) is -1.52. The number of fused-ring (bicyclic) bond motifs is 2. The van der Waals surface area contributed by atoms with Gasteiger partial charge in [-0.2, -0.15) is 0 Å². The minimum Gasteiger partial charge on any atom is -0.497 e. The fraction of sp³-hybridized carbons (Fsp3) is 0.387. The first kappa shape index (κ1) is 27.8. The van der Waals surface area contributed by atoms with Crippen LogP contribution in [0.4, 0.5) is 0 Å². The van der Waals surface area contributed by atoms with Gasteiger partial charge in [-0.05, 0) is 73.1 Å². The Hall–Kier alpha value is -3.72. The largest absolute Gasteiger partial charge is 0.497 e. The second kappa shape index (κ2) is 11.4. The topological polar surface area (TPSA) is 103 Å². The first-order valence-corrected chi connectivity index (χ1v) is 15.4. The quantitative estimate of drug-likeness (QED) is 0.389. The van der Waals surface area contributed by atoms with Crippen molar-refractivity contribution in [3.05, 3.63) is 70.9 Å². The average Bonchev–Trinajstić information content (AvgIpc) is 3.30. The number of aromatic nitrogens is 1. The van der Waals surface area contributed by atoms with Crippen LogP contribution >= 0.6 is 0 Å². The van der Waals surface area contributed by atoms with E-state index in [0.717, 1.165) is 34.6 Å². The number of hydrogen-bond donors (Lipinski definition) is 0. The number of allylic oxidation sites excluding steroid dienone is 1. The number of ether oxygens (including phenoxy) is 2. The van der Waals surface area contributed by atoms with Crippen LogP contribution in [0.15, 0.2) is 48.5 Å². The SMILES string of the molecule is CCN(C(=O)COC(=O)c1c2c(nc3ccccc13)/C(=C\c1ccc(OC)cc1)C[C@H](C)C2)[C@H]1CCS(=O)(=O)C1. The predicted octanol–water partition coefficient (Wildman–Crippen LogP) is 4.56. The van der Waals surface area contributed by atoms with Crippen LogP contribution in [0, 0.1) is 5.92 Å².